The minimum Gasteiger partial charge on any atom is -0.496 e. The maximum Gasteiger partial charge on any atom is 0.126 e. The Morgan fingerprint density at radius 2 is 2.31 bits per heavy atom. The highest BCUT2D eigenvalue weighted by atomic mass is 16.5. The van der Waals surface area contributed by atoms with Crippen LogP contribution < -0.4 is 10.1 Å². The van der Waals surface area contributed by atoms with E-state index in [0.29, 0.717) is 0 Å². The standard InChI is InChI=1S/C10H16N2O/c1-4-11-6-9-7-12-8(2)5-10(9)13-3/h5,7,11H,4,6H2,1-3H3. The zero-order chi connectivity index (χ0) is 9.68. The van der Waals surface area contributed by atoms with Crippen LogP contribution in [0.2, 0.25) is 0 Å². The van der Waals surface area contributed by atoms with Gasteiger partial charge >= 0.3 is 0 Å². The molecule has 1 rings (SSSR count). The van der Waals surface area contributed by atoms with Crippen molar-refractivity contribution < 1.29 is 4.74 Å². The Morgan fingerprint density at radius 3 is 2.92 bits per heavy atom. The fourth-order valence-electron chi connectivity index (χ4n) is 1.15. The molecule has 0 spiro atoms. The molecule has 0 fully saturated rings. The maximum absolute atomic E-state index is 5.24. The molecule has 13 heavy (non-hydrogen) atoms. The minimum absolute atomic E-state index is 0.812. The topological polar surface area (TPSA) is 34.2 Å². The summed E-state index contributed by atoms with van der Waals surface area (Å²) in [5, 5.41) is 3.24. The molecule has 0 aliphatic carbocycles. The molecule has 0 saturated carbocycles. The first-order chi connectivity index (χ1) is 6.27. The van der Waals surface area contributed by atoms with E-state index in [9.17, 15) is 0 Å². The van der Waals surface area contributed by atoms with Crippen LogP contribution in [-0.4, -0.2) is 18.6 Å². The highest BCUT2D eigenvalue weighted by Gasteiger charge is 2.02. The van der Waals surface area contributed by atoms with Crippen molar-refractivity contribution in [3.63, 3.8) is 0 Å². The summed E-state index contributed by atoms with van der Waals surface area (Å²) < 4.78 is 5.24. The molecular weight excluding hydrogens is 164 g/mol. The lowest BCUT2D eigenvalue weighted by atomic mass is 10.2. The number of aryl methyl sites for hydroxylation is 1. The van der Waals surface area contributed by atoms with Gasteiger partial charge in [0.25, 0.3) is 0 Å². The number of pyridine rings is 1. The normalized spacial score (nSPS) is 10.1. The summed E-state index contributed by atoms with van der Waals surface area (Å²) in [5.74, 6) is 0.911. The van der Waals surface area contributed by atoms with Gasteiger partial charge < -0.3 is 10.1 Å². The van der Waals surface area contributed by atoms with E-state index in [4.69, 9.17) is 4.74 Å². The first-order valence-corrected chi connectivity index (χ1v) is 4.48. The van der Waals surface area contributed by atoms with E-state index < -0.39 is 0 Å². The lowest BCUT2D eigenvalue weighted by Crippen LogP contribution is -2.12. The number of ether oxygens (including phenoxy) is 1. The Kier molecular flexibility index (Phi) is 3.71. The second kappa shape index (κ2) is 4.82. The maximum atomic E-state index is 5.24. The van der Waals surface area contributed by atoms with E-state index in [1.165, 1.54) is 0 Å². The van der Waals surface area contributed by atoms with E-state index in [1.54, 1.807) is 7.11 Å². The van der Waals surface area contributed by atoms with Crippen LogP contribution in [0.4, 0.5) is 0 Å². The largest absolute Gasteiger partial charge is 0.496 e. The average molecular weight is 180 g/mol. The van der Waals surface area contributed by atoms with E-state index in [-0.39, 0.29) is 0 Å². The van der Waals surface area contributed by atoms with Crippen LogP contribution in [0.1, 0.15) is 18.2 Å². The summed E-state index contributed by atoms with van der Waals surface area (Å²) in [6.07, 6.45) is 1.86. The van der Waals surface area contributed by atoms with E-state index in [1.807, 2.05) is 19.2 Å². The van der Waals surface area contributed by atoms with Crippen molar-refractivity contribution in [1.29, 1.82) is 0 Å². The van der Waals surface area contributed by atoms with Crippen molar-refractivity contribution >= 4 is 0 Å². The van der Waals surface area contributed by atoms with Crippen molar-refractivity contribution in [3.8, 4) is 5.75 Å². The molecule has 1 heterocycles. The van der Waals surface area contributed by atoms with Gasteiger partial charge in [-0.3, -0.25) is 4.98 Å². The van der Waals surface area contributed by atoms with Gasteiger partial charge in [-0.25, -0.2) is 0 Å². The number of hydrogen-bond acceptors (Lipinski definition) is 3. The molecule has 1 aromatic heterocycles. The van der Waals surface area contributed by atoms with Crippen molar-refractivity contribution in [1.82, 2.24) is 10.3 Å². The Morgan fingerprint density at radius 1 is 1.54 bits per heavy atom. The van der Waals surface area contributed by atoms with E-state index in [0.717, 1.165) is 30.1 Å². The summed E-state index contributed by atoms with van der Waals surface area (Å²) >= 11 is 0. The Bertz CT molecular complexity index is 274. The van der Waals surface area contributed by atoms with Crippen LogP contribution in [0.25, 0.3) is 0 Å². The van der Waals surface area contributed by atoms with Gasteiger partial charge in [-0.15, -0.1) is 0 Å². The third-order valence-electron chi connectivity index (χ3n) is 1.87. The summed E-state index contributed by atoms with van der Waals surface area (Å²) in [6, 6.07) is 1.95. The quantitative estimate of drug-likeness (QED) is 0.762. The molecule has 0 aromatic carbocycles. The van der Waals surface area contributed by atoms with Gasteiger partial charge in [0.15, 0.2) is 0 Å². The minimum atomic E-state index is 0.812. The molecule has 0 saturated heterocycles. The Labute approximate surface area is 79.1 Å². The highest BCUT2D eigenvalue weighted by Crippen LogP contribution is 2.17. The van der Waals surface area contributed by atoms with Gasteiger partial charge in [-0.05, 0) is 13.5 Å². The molecule has 0 aliphatic heterocycles. The van der Waals surface area contributed by atoms with Gasteiger partial charge in [0.1, 0.15) is 5.75 Å². The van der Waals surface area contributed by atoms with Crippen molar-refractivity contribution in [2.75, 3.05) is 13.7 Å². The van der Waals surface area contributed by atoms with E-state index in [2.05, 4.69) is 17.2 Å². The van der Waals surface area contributed by atoms with Crippen LogP contribution >= 0.6 is 0 Å². The molecule has 0 aliphatic rings. The zero-order valence-corrected chi connectivity index (χ0v) is 8.42. The second-order valence-corrected chi connectivity index (χ2v) is 2.92. The summed E-state index contributed by atoms with van der Waals surface area (Å²) in [7, 11) is 1.68. The van der Waals surface area contributed by atoms with Crippen LogP contribution in [0.3, 0.4) is 0 Å². The predicted octanol–water partition coefficient (Wildman–Crippen LogP) is 1.51. The Hall–Kier alpha value is -1.09. The number of aromatic nitrogens is 1. The summed E-state index contributed by atoms with van der Waals surface area (Å²) in [5.41, 5.74) is 2.09. The first kappa shape index (κ1) is 9.99. The molecule has 1 aromatic rings. The second-order valence-electron chi connectivity index (χ2n) is 2.92. The number of nitrogens with one attached hydrogen (secondary N) is 1. The van der Waals surface area contributed by atoms with Gasteiger partial charge in [-0.2, -0.15) is 0 Å². The predicted molar refractivity (Wildman–Crippen MR) is 52.9 cm³/mol. The summed E-state index contributed by atoms with van der Waals surface area (Å²) in [4.78, 5) is 4.22. The van der Waals surface area contributed by atoms with Gasteiger partial charge in [0, 0.05) is 30.1 Å². The molecule has 3 nitrogen and oxygen atoms in total. The van der Waals surface area contributed by atoms with Crippen molar-refractivity contribution in [2.24, 2.45) is 0 Å². The molecule has 72 valence electrons. The Balaban J connectivity index is 2.79. The number of nitrogens with zero attached hydrogens (tertiary/aromatic N) is 1. The molecule has 0 unspecified atom stereocenters. The fourth-order valence-corrected chi connectivity index (χ4v) is 1.15. The third kappa shape index (κ3) is 2.70. The SMILES string of the molecule is CCNCc1cnc(C)cc1OC. The lowest BCUT2D eigenvalue weighted by Gasteiger charge is -2.08. The molecular formula is C10H16N2O. The first-order valence-electron chi connectivity index (χ1n) is 4.48. The molecule has 0 radical (unpaired) electrons. The monoisotopic (exact) mass is 180 g/mol. The molecule has 1 N–H and O–H groups in total. The van der Waals surface area contributed by atoms with Crippen LogP contribution in [0.5, 0.6) is 5.75 Å². The van der Waals surface area contributed by atoms with Crippen LogP contribution in [-0.2, 0) is 6.54 Å². The van der Waals surface area contributed by atoms with Crippen LogP contribution in [0.15, 0.2) is 12.3 Å². The summed E-state index contributed by atoms with van der Waals surface area (Å²) in [6.45, 7) is 5.80. The van der Waals surface area contributed by atoms with Crippen molar-refractivity contribution in [3.05, 3.63) is 23.5 Å². The fraction of sp³-hybridized carbons (Fsp3) is 0.500. The van der Waals surface area contributed by atoms with Gasteiger partial charge in [0.2, 0.25) is 0 Å². The van der Waals surface area contributed by atoms with Gasteiger partial charge in [-0.1, -0.05) is 6.92 Å². The van der Waals surface area contributed by atoms with Crippen molar-refractivity contribution in [2.45, 2.75) is 20.4 Å². The van der Waals surface area contributed by atoms with Crippen LogP contribution in [0, 0.1) is 6.92 Å². The molecule has 0 bridgehead atoms. The van der Waals surface area contributed by atoms with E-state index >= 15 is 0 Å². The smallest absolute Gasteiger partial charge is 0.126 e. The molecule has 0 amide bonds. The average Bonchev–Trinajstić information content (AvgIpc) is 2.16. The molecule has 0 atom stereocenters. The van der Waals surface area contributed by atoms with Gasteiger partial charge in [0.05, 0.1) is 7.11 Å². The highest BCUT2D eigenvalue weighted by molar-refractivity contribution is 5.32. The number of rotatable bonds is 4. The number of hydrogen-bond donors (Lipinski definition) is 1. The zero-order valence-electron chi connectivity index (χ0n) is 8.42. The third-order valence-corrected chi connectivity index (χ3v) is 1.87. The number of methoxy groups -OCH3 is 1. The lowest BCUT2D eigenvalue weighted by molar-refractivity contribution is 0.407. The molecule has 3 heteroatoms.